The molecule has 6 nitrogen and oxygen atoms in total. The molecule has 2 heterocycles. The maximum atomic E-state index is 12.6. The van der Waals surface area contributed by atoms with Crippen molar-refractivity contribution in [1.82, 2.24) is 15.0 Å². The SMILES string of the molecule is CCOc1ccc(Cl)c(C(=O)Nc2ccc3nc(C4CCC4)[nH]c3c2)n1. The molecule has 1 aliphatic carbocycles. The van der Waals surface area contributed by atoms with Crippen LogP contribution in [0.3, 0.4) is 0 Å². The summed E-state index contributed by atoms with van der Waals surface area (Å²) in [5.74, 6) is 1.56. The number of ether oxygens (including phenoxy) is 1. The van der Waals surface area contributed by atoms with E-state index in [4.69, 9.17) is 16.3 Å². The van der Waals surface area contributed by atoms with E-state index >= 15 is 0 Å². The lowest BCUT2D eigenvalue weighted by Gasteiger charge is -2.22. The summed E-state index contributed by atoms with van der Waals surface area (Å²) < 4.78 is 5.34. The number of nitrogens with one attached hydrogen (secondary N) is 2. The summed E-state index contributed by atoms with van der Waals surface area (Å²) in [6.07, 6.45) is 3.63. The number of aromatic amines is 1. The average molecular weight is 371 g/mol. The van der Waals surface area contributed by atoms with Crippen molar-refractivity contribution in [3.63, 3.8) is 0 Å². The fourth-order valence-corrected chi connectivity index (χ4v) is 3.18. The third kappa shape index (κ3) is 3.24. The van der Waals surface area contributed by atoms with Crippen LogP contribution in [0.1, 0.15) is 48.4 Å². The Morgan fingerprint density at radius 1 is 1.31 bits per heavy atom. The first kappa shape index (κ1) is 16.8. The maximum Gasteiger partial charge on any atom is 0.275 e. The molecule has 26 heavy (non-hydrogen) atoms. The van der Waals surface area contributed by atoms with Gasteiger partial charge in [0.15, 0.2) is 5.69 Å². The minimum absolute atomic E-state index is 0.137. The molecule has 0 saturated heterocycles. The zero-order chi connectivity index (χ0) is 18.1. The molecule has 1 aromatic carbocycles. The standard InChI is InChI=1S/C19H19ClN4O2/c1-2-26-16-9-7-13(20)17(24-16)19(25)21-12-6-8-14-15(10-12)23-18(22-14)11-4-3-5-11/h6-11H,2-5H2,1H3,(H,21,25)(H,22,23). The van der Waals surface area contributed by atoms with Crippen LogP contribution in [0.4, 0.5) is 5.69 Å². The number of imidazole rings is 1. The quantitative estimate of drug-likeness (QED) is 0.691. The fraction of sp³-hybridized carbons (Fsp3) is 0.316. The molecule has 7 heteroatoms. The van der Waals surface area contributed by atoms with Gasteiger partial charge in [0.05, 0.1) is 22.7 Å². The van der Waals surface area contributed by atoms with Crippen LogP contribution in [0, 0.1) is 0 Å². The minimum Gasteiger partial charge on any atom is -0.478 e. The van der Waals surface area contributed by atoms with Crippen LogP contribution in [-0.4, -0.2) is 27.5 Å². The molecule has 4 rings (SSSR count). The van der Waals surface area contributed by atoms with Gasteiger partial charge in [-0.1, -0.05) is 18.0 Å². The lowest BCUT2D eigenvalue weighted by atomic mass is 9.85. The molecule has 2 N–H and O–H groups in total. The Labute approximate surface area is 155 Å². The Morgan fingerprint density at radius 2 is 2.15 bits per heavy atom. The molecule has 0 bridgehead atoms. The first-order valence-electron chi connectivity index (χ1n) is 8.74. The Bertz CT molecular complexity index is 965. The second-order valence-corrected chi connectivity index (χ2v) is 6.76. The van der Waals surface area contributed by atoms with E-state index in [1.54, 1.807) is 12.1 Å². The highest BCUT2D eigenvalue weighted by Gasteiger charge is 2.22. The number of benzene rings is 1. The molecule has 0 radical (unpaired) electrons. The average Bonchev–Trinajstić information content (AvgIpc) is 2.97. The van der Waals surface area contributed by atoms with Crippen LogP contribution in [0.25, 0.3) is 11.0 Å². The van der Waals surface area contributed by atoms with Gasteiger partial charge in [0.25, 0.3) is 5.91 Å². The molecule has 1 amide bonds. The molecular formula is C19H19ClN4O2. The highest BCUT2D eigenvalue weighted by Crippen LogP contribution is 2.35. The highest BCUT2D eigenvalue weighted by molar-refractivity contribution is 6.34. The first-order chi connectivity index (χ1) is 12.6. The maximum absolute atomic E-state index is 12.6. The smallest absolute Gasteiger partial charge is 0.275 e. The third-order valence-electron chi connectivity index (χ3n) is 4.58. The van der Waals surface area contributed by atoms with Crippen molar-refractivity contribution in [1.29, 1.82) is 0 Å². The van der Waals surface area contributed by atoms with Gasteiger partial charge in [0.2, 0.25) is 5.88 Å². The van der Waals surface area contributed by atoms with Gasteiger partial charge in [-0.25, -0.2) is 9.97 Å². The van der Waals surface area contributed by atoms with Crippen molar-refractivity contribution >= 4 is 34.2 Å². The largest absolute Gasteiger partial charge is 0.478 e. The van der Waals surface area contributed by atoms with E-state index in [0.717, 1.165) is 16.9 Å². The Hall–Kier alpha value is -2.60. The number of halogens is 1. The summed E-state index contributed by atoms with van der Waals surface area (Å²) in [7, 11) is 0. The van der Waals surface area contributed by atoms with E-state index in [0.29, 0.717) is 24.1 Å². The molecule has 1 fully saturated rings. The van der Waals surface area contributed by atoms with E-state index in [1.165, 1.54) is 19.3 Å². The number of anilines is 1. The molecule has 1 saturated carbocycles. The molecular weight excluding hydrogens is 352 g/mol. The van der Waals surface area contributed by atoms with E-state index < -0.39 is 0 Å². The lowest BCUT2D eigenvalue weighted by molar-refractivity contribution is 0.102. The predicted molar refractivity (Wildman–Crippen MR) is 101 cm³/mol. The molecule has 0 unspecified atom stereocenters. The van der Waals surface area contributed by atoms with Crippen LogP contribution < -0.4 is 10.1 Å². The van der Waals surface area contributed by atoms with E-state index in [1.807, 2.05) is 25.1 Å². The van der Waals surface area contributed by atoms with Crippen molar-refractivity contribution in [2.24, 2.45) is 0 Å². The zero-order valence-corrected chi connectivity index (χ0v) is 15.1. The molecule has 0 aliphatic heterocycles. The van der Waals surface area contributed by atoms with E-state index in [-0.39, 0.29) is 16.6 Å². The van der Waals surface area contributed by atoms with Crippen molar-refractivity contribution < 1.29 is 9.53 Å². The number of nitrogens with zero attached hydrogens (tertiary/aromatic N) is 2. The summed E-state index contributed by atoms with van der Waals surface area (Å²) in [5, 5.41) is 3.12. The molecule has 3 aromatic rings. The molecule has 0 spiro atoms. The summed E-state index contributed by atoms with van der Waals surface area (Å²) >= 11 is 6.12. The van der Waals surface area contributed by atoms with Crippen molar-refractivity contribution in [2.45, 2.75) is 32.1 Å². The number of hydrogen-bond acceptors (Lipinski definition) is 4. The van der Waals surface area contributed by atoms with E-state index in [9.17, 15) is 4.79 Å². The van der Waals surface area contributed by atoms with E-state index in [2.05, 4.69) is 20.3 Å². The monoisotopic (exact) mass is 370 g/mol. The second kappa shape index (κ2) is 6.96. The van der Waals surface area contributed by atoms with Gasteiger partial charge in [-0.3, -0.25) is 4.79 Å². The van der Waals surface area contributed by atoms with Gasteiger partial charge in [0, 0.05) is 17.7 Å². The van der Waals surface area contributed by atoms with Crippen LogP contribution in [0.15, 0.2) is 30.3 Å². The molecule has 134 valence electrons. The number of aromatic nitrogens is 3. The van der Waals surface area contributed by atoms with Crippen molar-refractivity contribution in [2.75, 3.05) is 11.9 Å². The molecule has 2 aromatic heterocycles. The number of fused-ring (bicyclic) bond motifs is 1. The number of carbonyl (C=O) groups excluding carboxylic acids is 1. The van der Waals surface area contributed by atoms with Gasteiger partial charge >= 0.3 is 0 Å². The predicted octanol–water partition coefficient (Wildman–Crippen LogP) is 4.53. The lowest BCUT2D eigenvalue weighted by Crippen LogP contribution is -2.15. The topological polar surface area (TPSA) is 79.9 Å². The summed E-state index contributed by atoms with van der Waals surface area (Å²) in [6.45, 7) is 2.32. The van der Waals surface area contributed by atoms with Crippen LogP contribution >= 0.6 is 11.6 Å². The first-order valence-corrected chi connectivity index (χ1v) is 9.12. The van der Waals surface area contributed by atoms with Crippen molar-refractivity contribution in [3.8, 4) is 5.88 Å². The Kier molecular flexibility index (Phi) is 4.51. The van der Waals surface area contributed by atoms with Gasteiger partial charge in [0.1, 0.15) is 5.82 Å². The van der Waals surface area contributed by atoms with Gasteiger partial charge in [-0.2, -0.15) is 0 Å². The van der Waals surface area contributed by atoms with Crippen LogP contribution in [0.5, 0.6) is 5.88 Å². The number of pyridine rings is 1. The molecule has 0 atom stereocenters. The third-order valence-corrected chi connectivity index (χ3v) is 4.88. The van der Waals surface area contributed by atoms with Crippen LogP contribution in [0.2, 0.25) is 5.02 Å². The number of rotatable bonds is 5. The fourth-order valence-electron chi connectivity index (χ4n) is 2.98. The van der Waals surface area contributed by atoms with Gasteiger partial charge < -0.3 is 15.0 Å². The van der Waals surface area contributed by atoms with Crippen molar-refractivity contribution in [3.05, 3.63) is 46.9 Å². The van der Waals surface area contributed by atoms with Gasteiger partial charge in [-0.05, 0) is 44.0 Å². The Balaban J connectivity index is 1.56. The number of hydrogen-bond donors (Lipinski definition) is 2. The summed E-state index contributed by atoms with van der Waals surface area (Å²) in [5.41, 5.74) is 2.61. The normalized spacial score (nSPS) is 14.2. The number of H-pyrrole nitrogens is 1. The van der Waals surface area contributed by atoms with Crippen LogP contribution in [-0.2, 0) is 0 Å². The number of amides is 1. The van der Waals surface area contributed by atoms with Gasteiger partial charge in [-0.15, -0.1) is 0 Å². The summed E-state index contributed by atoms with van der Waals surface area (Å²) in [6, 6.07) is 8.85. The second-order valence-electron chi connectivity index (χ2n) is 6.35. The summed E-state index contributed by atoms with van der Waals surface area (Å²) in [4.78, 5) is 24.7. The number of carbonyl (C=O) groups is 1. The molecule has 1 aliphatic rings. The highest BCUT2D eigenvalue weighted by atomic mass is 35.5. The Morgan fingerprint density at radius 3 is 2.88 bits per heavy atom. The zero-order valence-electron chi connectivity index (χ0n) is 14.4. The minimum atomic E-state index is -0.380.